The lowest BCUT2D eigenvalue weighted by Gasteiger charge is -2.24. The van der Waals surface area contributed by atoms with Crippen LogP contribution in [0.4, 0.5) is 22.7 Å². The first-order valence-electron chi connectivity index (χ1n) is 9.45. The van der Waals surface area contributed by atoms with Gasteiger partial charge in [-0.05, 0) is 61.4 Å². The Morgan fingerprint density at radius 3 is 2.50 bits per heavy atom. The lowest BCUT2D eigenvalue weighted by molar-refractivity contribution is 0.102. The quantitative estimate of drug-likeness (QED) is 0.733. The predicted octanol–water partition coefficient (Wildman–Crippen LogP) is 4.48. The van der Waals surface area contributed by atoms with Crippen molar-refractivity contribution in [3.63, 3.8) is 0 Å². The van der Waals surface area contributed by atoms with Crippen molar-refractivity contribution in [3.8, 4) is 0 Å². The van der Waals surface area contributed by atoms with Crippen LogP contribution in [-0.4, -0.2) is 31.0 Å². The van der Waals surface area contributed by atoms with Gasteiger partial charge >= 0.3 is 0 Å². The maximum absolute atomic E-state index is 12.5. The summed E-state index contributed by atoms with van der Waals surface area (Å²) in [6.45, 7) is 2.21. The van der Waals surface area contributed by atoms with Crippen LogP contribution in [-0.2, 0) is 6.42 Å². The van der Waals surface area contributed by atoms with Crippen molar-refractivity contribution in [3.05, 3.63) is 78.1 Å². The molecule has 3 aromatic rings. The summed E-state index contributed by atoms with van der Waals surface area (Å²) < 4.78 is 0. The molecule has 0 spiro atoms. The van der Waals surface area contributed by atoms with Gasteiger partial charge in [0.25, 0.3) is 5.91 Å². The molecular formula is C23H24N4O. The number of para-hydroxylation sites is 1. The van der Waals surface area contributed by atoms with Gasteiger partial charge in [-0.15, -0.1) is 0 Å². The summed E-state index contributed by atoms with van der Waals surface area (Å²) in [6, 6.07) is 20.3. The summed E-state index contributed by atoms with van der Waals surface area (Å²) in [6.07, 6.45) is 2.80. The van der Waals surface area contributed by atoms with Gasteiger partial charge in [0.1, 0.15) is 5.69 Å². The third-order valence-corrected chi connectivity index (χ3v) is 5.11. The van der Waals surface area contributed by atoms with E-state index in [0.29, 0.717) is 11.7 Å². The van der Waals surface area contributed by atoms with Crippen molar-refractivity contribution in [1.82, 2.24) is 4.98 Å². The summed E-state index contributed by atoms with van der Waals surface area (Å²) in [5.41, 5.74) is 5.81. The highest BCUT2D eigenvalue weighted by Crippen LogP contribution is 2.37. The number of nitrogens with one attached hydrogen (secondary N) is 1. The highest BCUT2D eigenvalue weighted by molar-refractivity contribution is 6.03. The van der Waals surface area contributed by atoms with Gasteiger partial charge in [-0.3, -0.25) is 4.79 Å². The van der Waals surface area contributed by atoms with E-state index in [4.69, 9.17) is 0 Å². The average Bonchev–Trinajstić information content (AvgIpc) is 3.04. The first-order valence-corrected chi connectivity index (χ1v) is 9.45. The van der Waals surface area contributed by atoms with Gasteiger partial charge in [0, 0.05) is 37.2 Å². The van der Waals surface area contributed by atoms with E-state index in [-0.39, 0.29) is 5.91 Å². The minimum absolute atomic E-state index is 0.209. The maximum Gasteiger partial charge on any atom is 0.274 e. The van der Waals surface area contributed by atoms with Gasteiger partial charge < -0.3 is 15.1 Å². The van der Waals surface area contributed by atoms with E-state index in [1.54, 1.807) is 12.3 Å². The number of nitrogens with zero attached hydrogens (tertiary/aromatic N) is 3. The molecule has 28 heavy (non-hydrogen) atoms. The molecule has 0 aliphatic carbocycles. The van der Waals surface area contributed by atoms with E-state index in [2.05, 4.69) is 46.4 Å². The third-order valence-electron chi connectivity index (χ3n) is 5.11. The molecule has 1 amide bonds. The molecule has 1 unspecified atom stereocenters. The molecular weight excluding hydrogens is 348 g/mol. The second kappa shape index (κ2) is 7.35. The number of aromatic nitrogens is 1. The topological polar surface area (TPSA) is 48.5 Å². The standard InChI is InChI=1S/C23H24N4O/c1-16-14-17-6-4-5-7-22(17)27(16)20-12-13-21(24-15-20)23(28)25-18-8-10-19(11-9-18)26(2)3/h4-13,15-16H,14H2,1-3H3,(H,25,28). The summed E-state index contributed by atoms with van der Waals surface area (Å²) >= 11 is 0. The SMILES string of the molecule is CC1Cc2ccccc2N1c1ccc(C(=O)Nc2ccc(N(C)C)cc2)nc1. The highest BCUT2D eigenvalue weighted by Gasteiger charge is 2.27. The Bertz CT molecular complexity index is 980. The van der Waals surface area contributed by atoms with E-state index in [1.165, 1.54) is 11.3 Å². The monoisotopic (exact) mass is 372 g/mol. The van der Waals surface area contributed by atoms with Crippen molar-refractivity contribution in [1.29, 1.82) is 0 Å². The minimum atomic E-state index is -0.209. The van der Waals surface area contributed by atoms with Crippen molar-refractivity contribution >= 4 is 28.7 Å². The molecule has 1 aliphatic rings. The van der Waals surface area contributed by atoms with Crippen LogP contribution >= 0.6 is 0 Å². The molecule has 2 heterocycles. The summed E-state index contributed by atoms with van der Waals surface area (Å²) in [5.74, 6) is -0.209. The Hall–Kier alpha value is -3.34. The van der Waals surface area contributed by atoms with E-state index < -0.39 is 0 Å². The number of fused-ring (bicyclic) bond motifs is 1. The summed E-state index contributed by atoms with van der Waals surface area (Å²) in [4.78, 5) is 21.2. The fourth-order valence-electron chi connectivity index (χ4n) is 3.66. The zero-order valence-corrected chi connectivity index (χ0v) is 16.4. The Labute approximate surface area is 165 Å². The van der Waals surface area contributed by atoms with Crippen molar-refractivity contribution in [2.75, 3.05) is 29.2 Å². The Morgan fingerprint density at radius 1 is 1.07 bits per heavy atom. The van der Waals surface area contributed by atoms with Crippen molar-refractivity contribution < 1.29 is 4.79 Å². The van der Waals surface area contributed by atoms with Gasteiger partial charge in [-0.1, -0.05) is 18.2 Å². The fraction of sp³-hybridized carbons (Fsp3) is 0.217. The maximum atomic E-state index is 12.5. The van der Waals surface area contributed by atoms with Crippen LogP contribution in [0.3, 0.4) is 0 Å². The number of hydrogen-bond acceptors (Lipinski definition) is 4. The zero-order chi connectivity index (χ0) is 19.7. The molecule has 5 nitrogen and oxygen atoms in total. The molecule has 4 rings (SSSR count). The molecule has 1 N–H and O–H groups in total. The minimum Gasteiger partial charge on any atom is -0.378 e. The highest BCUT2D eigenvalue weighted by atomic mass is 16.1. The van der Waals surface area contributed by atoms with Crippen LogP contribution in [0.5, 0.6) is 0 Å². The smallest absolute Gasteiger partial charge is 0.274 e. The molecule has 0 fully saturated rings. The molecule has 0 bridgehead atoms. The number of benzene rings is 2. The largest absolute Gasteiger partial charge is 0.378 e. The lowest BCUT2D eigenvalue weighted by Crippen LogP contribution is -2.24. The number of hydrogen-bond donors (Lipinski definition) is 1. The van der Waals surface area contributed by atoms with E-state index >= 15 is 0 Å². The average molecular weight is 372 g/mol. The second-order valence-corrected chi connectivity index (χ2v) is 7.35. The first kappa shape index (κ1) is 18.0. The number of carbonyl (C=O) groups is 1. The molecule has 0 radical (unpaired) electrons. The van der Waals surface area contributed by atoms with Crippen LogP contribution in [0.2, 0.25) is 0 Å². The predicted molar refractivity (Wildman–Crippen MR) is 115 cm³/mol. The number of amides is 1. The zero-order valence-electron chi connectivity index (χ0n) is 16.4. The molecule has 1 aliphatic heterocycles. The van der Waals surface area contributed by atoms with E-state index in [1.807, 2.05) is 49.3 Å². The molecule has 0 saturated heterocycles. The number of carbonyl (C=O) groups excluding carboxylic acids is 1. The fourth-order valence-corrected chi connectivity index (χ4v) is 3.66. The Morgan fingerprint density at radius 2 is 1.82 bits per heavy atom. The van der Waals surface area contributed by atoms with E-state index in [9.17, 15) is 4.79 Å². The van der Waals surface area contributed by atoms with Crippen molar-refractivity contribution in [2.45, 2.75) is 19.4 Å². The van der Waals surface area contributed by atoms with Crippen LogP contribution in [0.25, 0.3) is 0 Å². The molecule has 1 atom stereocenters. The first-order chi connectivity index (χ1) is 13.5. The second-order valence-electron chi connectivity index (χ2n) is 7.35. The van der Waals surface area contributed by atoms with Gasteiger partial charge in [-0.25, -0.2) is 4.98 Å². The van der Waals surface area contributed by atoms with Crippen LogP contribution < -0.4 is 15.1 Å². The summed E-state index contributed by atoms with van der Waals surface area (Å²) in [5, 5.41) is 2.90. The van der Waals surface area contributed by atoms with Gasteiger partial charge in [0.2, 0.25) is 0 Å². The molecule has 142 valence electrons. The van der Waals surface area contributed by atoms with Crippen LogP contribution in [0.15, 0.2) is 66.9 Å². The van der Waals surface area contributed by atoms with Crippen molar-refractivity contribution in [2.24, 2.45) is 0 Å². The summed E-state index contributed by atoms with van der Waals surface area (Å²) in [7, 11) is 3.97. The number of anilines is 4. The van der Waals surface area contributed by atoms with Gasteiger partial charge in [0.15, 0.2) is 0 Å². The molecule has 5 heteroatoms. The molecule has 1 aromatic heterocycles. The van der Waals surface area contributed by atoms with E-state index in [0.717, 1.165) is 23.5 Å². The van der Waals surface area contributed by atoms with Crippen LogP contribution in [0, 0.1) is 0 Å². The molecule has 0 saturated carbocycles. The Kier molecular flexibility index (Phi) is 4.74. The van der Waals surface area contributed by atoms with Gasteiger partial charge in [-0.2, -0.15) is 0 Å². The number of rotatable bonds is 4. The third kappa shape index (κ3) is 3.43. The van der Waals surface area contributed by atoms with Crippen LogP contribution in [0.1, 0.15) is 23.0 Å². The lowest BCUT2D eigenvalue weighted by atomic mass is 10.1. The number of pyridine rings is 1. The van der Waals surface area contributed by atoms with Gasteiger partial charge in [0.05, 0.1) is 11.9 Å². The molecule has 2 aromatic carbocycles. The Balaban J connectivity index is 1.49. The normalized spacial score (nSPS) is 15.2.